The zero-order valence-corrected chi connectivity index (χ0v) is 15.0. The van der Waals surface area contributed by atoms with E-state index in [9.17, 15) is 9.18 Å². The monoisotopic (exact) mass is 316 g/mol. The first-order valence-corrected chi connectivity index (χ1v) is 9.37. The number of alkyl halides is 1. The van der Waals surface area contributed by atoms with E-state index in [0.717, 1.165) is 25.7 Å². The first-order valence-electron chi connectivity index (χ1n) is 9.37. The summed E-state index contributed by atoms with van der Waals surface area (Å²) < 4.78 is 18.3. The van der Waals surface area contributed by atoms with Gasteiger partial charge in [0.1, 0.15) is 0 Å². The molecular formula is C19H37FO2. The summed E-state index contributed by atoms with van der Waals surface area (Å²) in [6, 6.07) is 0. The predicted molar refractivity (Wildman–Crippen MR) is 91.8 cm³/mol. The molecule has 0 heterocycles. The van der Waals surface area contributed by atoms with Crippen molar-refractivity contribution >= 4 is 5.97 Å². The molecule has 2 unspecified atom stereocenters. The van der Waals surface area contributed by atoms with E-state index in [0.29, 0.717) is 12.3 Å². The summed E-state index contributed by atoms with van der Waals surface area (Å²) in [6.07, 6.45) is 13.4. The highest BCUT2D eigenvalue weighted by Gasteiger charge is 2.22. The van der Waals surface area contributed by atoms with Gasteiger partial charge in [-0.05, 0) is 12.3 Å². The number of esters is 1. The van der Waals surface area contributed by atoms with Gasteiger partial charge in [-0.15, -0.1) is 0 Å². The average Bonchev–Trinajstić information content (AvgIpc) is 2.53. The molecule has 0 rings (SSSR count). The summed E-state index contributed by atoms with van der Waals surface area (Å²) in [5.74, 6) is -0.376. The maximum atomic E-state index is 13.8. The van der Waals surface area contributed by atoms with Crippen LogP contribution >= 0.6 is 0 Å². The zero-order valence-electron chi connectivity index (χ0n) is 15.0. The van der Waals surface area contributed by atoms with E-state index in [2.05, 4.69) is 18.6 Å². The van der Waals surface area contributed by atoms with Gasteiger partial charge in [-0.1, -0.05) is 90.9 Å². The van der Waals surface area contributed by atoms with Gasteiger partial charge in [-0.25, -0.2) is 9.18 Å². The normalized spacial score (nSPS) is 13.8. The Morgan fingerprint density at radius 1 is 0.864 bits per heavy atom. The van der Waals surface area contributed by atoms with Crippen molar-refractivity contribution in [1.82, 2.24) is 0 Å². The van der Waals surface area contributed by atoms with Crippen LogP contribution in [-0.2, 0) is 9.53 Å². The fourth-order valence-corrected chi connectivity index (χ4v) is 2.97. The SMILES string of the molecule is CCCCCCCCC(CCCCCC)CC(F)C(=O)OC. The summed E-state index contributed by atoms with van der Waals surface area (Å²) >= 11 is 0. The standard InChI is InChI=1S/C19H37FO2/c1-4-6-8-10-11-13-15-17(14-12-9-7-5-2)16-18(20)19(21)22-3/h17-18H,4-16H2,1-3H3. The minimum atomic E-state index is -1.44. The number of hydrogen-bond donors (Lipinski definition) is 0. The van der Waals surface area contributed by atoms with Gasteiger partial charge in [0.25, 0.3) is 0 Å². The van der Waals surface area contributed by atoms with Crippen molar-refractivity contribution in [3.8, 4) is 0 Å². The Bertz CT molecular complexity index is 256. The highest BCUT2D eigenvalue weighted by atomic mass is 19.1. The number of methoxy groups -OCH3 is 1. The maximum Gasteiger partial charge on any atom is 0.340 e. The van der Waals surface area contributed by atoms with E-state index < -0.39 is 12.1 Å². The van der Waals surface area contributed by atoms with Gasteiger partial charge in [-0.3, -0.25) is 0 Å². The molecule has 132 valence electrons. The second-order valence-corrected chi connectivity index (χ2v) is 6.50. The fourth-order valence-electron chi connectivity index (χ4n) is 2.97. The van der Waals surface area contributed by atoms with Gasteiger partial charge in [-0.2, -0.15) is 0 Å². The Kier molecular flexibility index (Phi) is 14.9. The highest BCUT2D eigenvalue weighted by Crippen LogP contribution is 2.24. The Labute approximate surface area is 137 Å². The Hall–Kier alpha value is -0.600. The number of rotatable bonds is 15. The average molecular weight is 317 g/mol. The third-order valence-corrected chi connectivity index (χ3v) is 4.43. The molecule has 2 atom stereocenters. The number of ether oxygens (including phenoxy) is 1. The summed E-state index contributed by atoms with van der Waals surface area (Å²) in [7, 11) is 1.26. The molecule has 0 aromatic heterocycles. The van der Waals surface area contributed by atoms with Crippen LogP contribution in [0.3, 0.4) is 0 Å². The van der Waals surface area contributed by atoms with Crippen LogP contribution in [-0.4, -0.2) is 19.3 Å². The second kappa shape index (κ2) is 15.3. The van der Waals surface area contributed by atoms with E-state index in [1.165, 1.54) is 58.5 Å². The molecule has 0 N–H and O–H groups in total. The number of carbonyl (C=O) groups excluding carboxylic acids is 1. The topological polar surface area (TPSA) is 26.3 Å². The van der Waals surface area contributed by atoms with Crippen LogP contribution in [0.15, 0.2) is 0 Å². The number of hydrogen-bond acceptors (Lipinski definition) is 2. The van der Waals surface area contributed by atoms with E-state index in [1.54, 1.807) is 0 Å². The molecule has 22 heavy (non-hydrogen) atoms. The molecule has 0 bridgehead atoms. The van der Waals surface area contributed by atoms with Crippen molar-refractivity contribution in [2.24, 2.45) is 5.92 Å². The van der Waals surface area contributed by atoms with Crippen LogP contribution in [0.5, 0.6) is 0 Å². The smallest absolute Gasteiger partial charge is 0.340 e. The van der Waals surface area contributed by atoms with E-state index in [4.69, 9.17) is 0 Å². The second-order valence-electron chi connectivity index (χ2n) is 6.50. The lowest BCUT2D eigenvalue weighted by Gasteiger charge is -2.18. The lowest BCUT2D eigenvalue weighted by atomic mass is 9.90. The van der Waals surface area contributed by atoms with Crippen molar-refractivity contribution < 1.29 is 13.9 Å². The largest absolute Gasteiger partial charge is 0.467 e. The van der Waals surface area contributed by atoms with E-state index >= 15 is 0 Å². The highest BCUT2D eigenvalue weighted by molar-refractivity contribution is 5.74. The van der Waals surface area contributed by atoms with Gasteiger partial charge in [0, 0.05) is 0 Å². The lowest BCUT2D eigenvalue weighted by Crippen LogP contribution is -2.21. The van der Waals surface area contributed by atoms with Crippen LogP contribution in [0.1, 0.15) is 97.3 Å². The molecule has 0 aliphatic carbocycles. The van der Waals surface area contributed by atoms with Crippen molar-refractivity contribution in [3.05, 3.63) is 0 Å². The molecule has 0 radical (unpaired) electrons. The first kappa shape index (κ1) is 21.4. The third kappa shape index (κ3) is 12.0. The molecule has 0 spiro atoms. The van der Waals surface area contributed by atoms with Crippen LogP contribution in [0.4, 0.5) is 4.39 Å². The maximum absolute atomic E-state index is 13.8. The van der Waals surface area contributed by atoms with Gasteiger partial charge in [0.05, 0.1) is 7.11 Å². The van der Waals surface area contributed by atoms with Gasteiger partial charge in [0.2, 0.25) is 0 Å². The predicted octanol–water partition coefficient (Wildman–Crippen LogP) is 6.22. The van der Waals surface area contributed by atoms with Crippen LogP contribution in [0.25, 0.3) is 0 Å². The van der Waals surface area contributed by atoms with Gasteiger partial charge < -0.3 is 4.74 Å². The Morgan fingerprint density at radius 2 is 1.32 bits per heavy atom. The Balaban J connectivity index is 4.01. The number of unbranched alkanes of at least 4 members (excludes halogenated alkanes) is 8. The zero-order chi connectivity index (χ0) is 16.6. The summed E-state index contributed by atoms with van der Waals surface area (Å²) in [5, 5.41) is 0. The number of carbonyl (C=O) groups is 1. The third-order valence-electron chi connectivity index (χ3n) is 4.43. The van der Waals surface area contributed by atoms with Crippen LogP contribution in [0.2, 0.25) is 0 Å². The van der Waals surface area contributed by atoms with Crippen molar-refractivity contribution in [3.63, 3.8) is 0 Å². The summed E-state index contributed by atoms with van der Waals surface area (Å²) in [6.45, 7) is 4.42. The number of halogens is 1. The van der Waals surface area contributed by atoms with Crippen molar-refractivity contribution in [1.29, 1.82) is 0 Å². The quantitative estimate of drug-likeness (QED) is 0.264. The molecule has 0 aromatic rings. The first-order chi connectivity index (χ1) is 10.7. The molecule has 0 aromatic carbocycles. The van der Waals surface area contributed by atoms with E-state index in [-0.39, 0.29) is 0 Å². The summed E-state index contributed by atoms with van der Waals surface area (Å²) in [5.41, 5.74) is 0. The molecule has 0 fully saturated rings. The molecule has 2 nitrogen and oxygen atoms in total. The van der Waals surface area contributed by atoms with Crippen LogP contribution in [0, 0.1) is 5.92 Å². The van der Waals surface area contributed by atoms with E-state index in [1.807, 2.05) is 0 Å². The molecule has 0 saturated heterocycles. The molecule has 0 saturated carbocycles. The Morgan fingerprint density at radius 3 is 1.82 bits per heavy atom. The van der Waals surface area contributed by atoms with Crippen LogP contribution < -0.4 is 0 Å². The minimum absolute atomic E-state index is 0.331. The molecule has 0 amide bonds. The van der Waals surface area contributed by atoms with Crippen molar-refractivity contribution in [2.75, 3.05) is 7.11 Å². The molecule has 3 heteroatoms. The molecule has 0 aliphatic heterocycles. The van der Waals surface area contributed by atoms with Gasteiger partial charge >= 0.3 is 5.97 Å². The fraction of sp³-hybridized carbons (Fsp3) is 0.947. The summed E-state index contributed by atoms with van der Waals surface area (Å²) in [4.78, 5) is 11.3. The van der Waals surface area contributed by atoms with Crippen molar-refractivity contribution in [2.45, 2.75) is 103 Å². The molecule has 0 aliphatic rings. The van der Waals surface area contributed by atoms with Gasteiger partial charge in [0.15, 0.2) is 6.17 Å². The minimum Gasteiger partial charge on any atom is -0.467 e. The molecular weight excluding hydrogens is 279 g/mol. The lowest BCUT2D eigenvalue weighted by molar-refractivity contribution is -0.147.